The molecule has 12 heteroatoms. The summed E-state index contributed by atoms with van der Waals surface area (Å²) < 4.78 is 62.2. The molecule has 0 saturated carbocycles. The molecular formula is C19H19F2N3O4S3. The predicted molar refractivity (Wildman–Crippen MR) is 113 cm³/mol. The van der Waals surface area contributed by atoms with E-state index in [1.54, 1.807) is 11.4 Å². The van der Waals surface area contributed by atoms with E-state index in [9.17, 15) is 22.0 Å². The normalized spacial score (nSPS) is 18.3. The van der Waals surface area contributed by atoms with E-state index in [4.69, 9.17) is 4.74 Å². The minimum atomic E-state index is -3.81. The third-order valence-corrected chi connectivity index (χ3v) is 9.27. The highest BCUT2D eigenvalue weighted by Crippen LogP contribution is 2.29. The zero-order valence-electron chi connectivity index (χ0n) is 16.5. The highest BCUT2D eigenvalue weighted by molar-refractivity contribution is 7.91. The Balaban J connectivity index is 1.75. The summed E-state index contributed by atoms with van der Waals surface area (Å²) in [5.74, 6) is -2.12. The molecule has 0 N–H and O–H groups in total. The van der Waals surface area contributed by atoms with Gasteiger partial charge in [0.25, 0.3) is 15.9 Å². The van der Waals surface area contributed by atoms with Gasteiger partial charge in [0.05, 0.1) is 16.8 Å². The second-order valence-electron chi connectivity index (χ2n) is 6.92. The molecule has 166 valence electrons. The number of thiophene rings is 1. The van der Waals surface area contributed by atoms with Gasteiger partial charge in [0, 0.05) is 26.3 Å². The van der Waals surface area contributed by atoms with Crippen molar-refractivity contribution in [1.82, 2.24) is 8.87 Å². The molecule has 1 aromatic carbocycles. The van der Waals surface area contributed by atoms with Crippen molar-refractivity contribution in [2.75, 3.05) is 20.3 Å². The fourth-order valence-corrected chi connectivity index (χ4v) is 7.45. The van der Waals surface area contributed by atoms with Crippen molar-refractivity contribution in [3.05, 3.63) is 46.1 Å². The Morgan fingerprint density at radius 1 is 1.35 bits per heavy atom. The number of ether oxygens (including phenoxy) is 1. The van der Waals surface area contributed by atoms with Gasteiger partial charge in [0.2, 0.25) is 0 Å². The van der Waals surface area contributed by atoms with E-state index in [0.29, 0.717) is 17.5 Å². The number of methoxy groups -OCH3 is 1. The number of nitrogens with zero attached hydrogens (tertiary/aromatic N) is 3. The molecule has 4 rings (SSSR count). The maximum Gasteiger partial charge on any atom is 0.266 e. The van der Waals surface area contributed by atoms with Crippen molar-refractivity contribution in [3.8, 4) is 0 Å². The van der Waals surface area contributed by atoms with Crippen LogP contribution in [0.2, 0.25) is 0 Å². The molecule has 0 aliphatic carbocycles. The first-order valence-electron chi connectivity index (χ1n) is 9.44. The van der Waals surface area contributed by atoms with Gasteiger partial charge in [-0.05, 0) is 30.4 Å². The van der Waals surface area contributed by atoms with Crippen LogP contribution in [0.3, 0.4) is 0 Å². The van der Waals surface area contributed by atoms with Gasteiger partial charge in [-0.25, -0.2) is 17.2 Å². The number of fused-ring (bicyclic) bond motifs is 1. The molecule has 7 nitrogen and oxygen atoms in total. The Morgan fingerprint density at radius 2 is 2.16 bits per heavy atom. The molecule has 1 aliphatic rings. The topological polar surface area (TPSA) is 81.0 Å². The second kappa shape index (κ2) is 8.87. The molecule has 1 atom stereocenters. The van der Waals surface area contributed by atoms with E-state index >= 15 is 0 Å². The Kier molecular flexibility index (Phi) is 6.35. The number of thiazole rings is 1. The number of benzene rings is 1. The fraction of sp³-hybridized carbons (Fsp3) is 0.368. The molecule has 1 saturated heterocycles. The number of rotatable bonds is 6. The zero-order valence-corrected chi connectivity index (χ0v) is 18.9. The van der Waals surface area contributed by atoms with Crippen molar-refractivity contribution >= 4 is 48.8 Å². The van der Waals surface area contributed by atoms with Crippen LogP contribution in [0.1, 0.15) is 12.8 Å². The minimum Gasteiger partial charge on any atom is -0.383 e. The standard InChI is InChI=1S/C19H19F2N3O4S3/c1-28-8-7-23-17-13(21)10-12(20)11-15(17)30-19(23)22-18(25)14-4-2-6-24(14)31(26,27)16-5-3-9-29-16/h3,5,9-11,14H,2,4,6-8H2,1H3. The highest BCUT2D eigenvalue weighted by Gasteiger charge is 2.40. The average molecular weight is 488 g/mol. The first-order valence-corrected chi connectivity index (χ1v) is 12.6. The quantitative estimate of drug-likeness (QED) is 0.536. The molecule has 3 heterocycles. The number of carbonyl (C=O) groups excluding carboxylic acids is 1. The third-order valence-electron chi connectivity index (χ3n) is 4.97. The number of hydrogen-bond donors (Lipinski definition) is 0. The molecule has 1 fully saturated rings. The lowest BCUT2D eigenvalue weighted by atomic mass is 10.2. The Bertz CT molecular complexity index is 1280. The van der Waals surface area contributed by atoms with Gasteiger partial charge < -0.3 is 9.30 Å². The van der Waals surface area contributed by atoms with E-state index in [1.165, 1.54) is 28.1 Å². The van der Waals surface area contributed by atoms with Crippen LogP contribution in [-0.2, 0) is 26.1 Å². The summed E-state index contributed by atoms with van der Waals surface area (Å²) in [6.45, 7) is 0.654. The van der Waals surface area contributed by atoms with E-state index in [0.717, 1.165) is 28.7 Å². The molecule has 0 bridgehead atoms. The molecule has 2 aromatic heterocycles. The van der Waals surface area contributed by atoms with Gasteiger partial charge >= 0.3 is 0 Å². The Labute approximate surface area is 185 Å². The van der Waals surface area contributed by atoms with E-state index < -0.39 is 33.6 Å². The maximum absolute atomic E-state index is 14.5. The van der Waals surface area contributed by atoms with Crippen LogP contribution < -0.4 is 4.80 Å². The number of amides is 1. The van der Waals surface area contributed by atoms with Gasteiger partial charge in [-0.3, -0.25) is 4.79 Å². The van der Waals surface area contributed by atoms with Crippen LogP contribution in [0.4, 0.5) is 8.78 Å². The van der Waals surface area contributed by atoms with Crippen LogP contribution in [0.5, 0.6) is 0 Å². The first-order chi connectivity index (χ1) is 14.8. The summed E-state index contributed by atoms with van der Waals surface area (Å²) in [6.07, 6.45) is 0.880. The summed E-state index contributed by atoms with van der Waals surface area (Å²) in [5.41, 5.74) is 0.129. The lowest BCUT2D eigenvalue weighted by molar-refractivity contribution is -0.121. The smallest absolute Gasteiger partial charge is 0.266 e. The summed E-state index contributed by atoms with van der Waals surface area (Å²) in [4.78, 5) is 17.3. The van der Waals surface area contributed by atoms with Crippen molar-refractivity contribution < 1.29 is 26.7 Å². The van der Waals surface area contributed by atoms with Gasteiger partial charge in [-0.2, -0.15) is 9.30 Å². The molecule has 1 unspecified atom stereocenters. The SMILES string of the molecule is COCCn1c(=NC(=O)C2CCCN2S(=O)(=O)c2cccs2)sc2cc(F)cc(F)c21. The molecule has 0 radical (unpaired) electrons. The molecule has 0 spiro atoms. The monoisotopic (exact) mass is 487 g/mol. The lowest BCUT2D eigenvalue weighted by Crippen LogP contribution is -2.40. The lowest BCUT2D eigenvalue weighted by Gasteiger charge is -2.20. The number of aromatic nitrogens is 1. The van der Waals surface area contributed by atoms with Crippen LogP contribution >= 0.6 is 22.7 Å². The number of carbonyl (C=O) groups is 1. The Morgan fingerprint density at radius 3 is 2.87 bits per heavy atom. The van der Waals surface area contributed by atoms with E-state index in [1.807, 2.05) is 0 Å². The van der Waals surface area contributed by atoms with Crippen molar-refractivity contribution in [2.45, 2.75) is 29.6 Å². The molecular weight excluding hydrogens is 468 g/mol. The summed E-state index contributed by atoms with van der Waals surface area (Å²) in [7, 11) is -2.32. The fourth-order valence-electron chi connectivity index (χ4n) is 3.57. The summed E-state index contributed by atoms with van der Waals surface area (Å²) in [6, 6.07) is 4.15. The van der Waals surface area contributed by atoms with Crippen LogP contribution in [0.25, 0.3) is 10.2 Å². The first kappa shape index (κ1) is 22.2. The Hall–Kier alpha value is -1.99. The third kappa shape index (κ3) is 4.22. The van der Waals surface area contributed by atoms with Crippen molar-refractivity contribution in [2.24, 2.45) is 4.99 Å². The molecule has 3 aromatic rings. The predicted octanol–water partition coefficient (Wildman–Crippen LogP) is 2.97. The second-order valence-corrected chi connectivity index (χ2v) is 11.0. The van der Waals surface area contributed by atoms with Gasteiger partial charge in [-0.1, -0.05) is 17.4 Å². The van der Waals surface area contributed by atoms with Gasteiger partial charge in [-0.15, -0.1) is 11.3 Å². The van der Waals surface area contributed by atoms with E-state index in [2.05, 4.69) is 4.99 Å². The number of hydrogen-bond acceptors (Lipinski definition) is 6. The minimum absolute atomic E-state index is 0.129. The highest BCUT2D eigenvalue weighted by atomic mass is 32.2. The van der Waals surface area contributed by atoms with E-state index in [-0.39, 0.29) is 34.2 Å². The largest absolute Gasteiger partial charge is 0.383 e. The molecule has 31 heavy (non-hydrogen) atoms. The maximum atomic E-state index is 14.5. The zero-order chi connectivity index (χ0) is 22.2. The van der Waals surface area contributed by atoms with Crippen LogP contribution in [0.15, 0.2) is 38.8 Å². The van der Waals surface area contributed by atoms with Crippen molar-refractivity contribution in [1.29, 1.82) is 0 Å². The van der Waals surface area contributed by atoms with Gasteiger partial charge in [0.15, 0.2) is 10.6 Å². The average Bonchev–Trinajstić information content (AvgIpc) is 3.46. The molecule has 1 aliphatic heterocycles. The van der Waals surface area contributed by atoms with Crippen LogP contribution in [0, 0.1) is 11.6 Å². The number of sulfonamides is 1. The molecule has 1 amide bonds. The number of halogens is 2. The summed E-state index contributed by atoms with van der Waals surface area (Å²) in [5, 5.41) is 1.66. The van der Waals surface area contributed by atoms with Crippen molar-refractivity contribution in [3.63, 3.8) is 0 Å². The van der Waals surface area contributed by atoms with Gasteiger partial charge in [0.1, 0.15) is 16.1 Å². The summed E-state index contributed by atoms with van der Waals surface area (Å²) >= 11 is 2.06. The van der Waals surface area contributed by atoms with Crippen LogP contribution in [-0.4, -0.2) is 49.5 Å².